The van der Waals surface area contributed by atoms with E-state index in [1.54, 1.807) is 24.3 Å². The van der Waals surface area contributed by atoms with Gasteiger partial charge in [-0.3, -0.25) is 9.59 Å². The van der Waals surface area contributed by atoms with Crippen molar-refractivity contribution in [2.45, 2.75) is 18.5 Å². The fourth-order valence-electron chi connectivity index (χ4n) is 1.70. The Morgan fingerprint density at radius 1 is 1.21 bits per heavy atom. The van der Waals surface area contributed by atoms with Crippen molar-refractivity contribution in [1.82, 2.24) is 30.8 Å². The summed E-state index contributed by atoms with van der Waals surface area (Å²) in [6.45, 7) is 2.52. The van der Waals surface area contributed by atoms with Crippen molar-refractivity contribution in [3.8, 4) is 5.69 Å². The molecule has 2 rings (SSSR count). The predicted molar refractivity (Wildman–Crippen MR) is 91.2 cm³/mol. The van der Waals surface area contributed by atoms with Gasteiger partial charge in [-0.2, -0.15) is 4.68 Å². The van der Waals surface area contributed by atoms with E-state index in [1.807, 2.05) is 6.92 Å². The molecule has 1 heterocycles. The third kappa shape index (κ3) is 5.50. The first-order valence-corrected chi connectivity index (χ1v) is 8.67. The highest BCUT2D eigenvalue weighted by Crippen LogP contribution is 2.19. The van der Waals surface area contributed by atoms with E-state index in [4.69, 9.17) is 11.6 Å². The summed E-state index contributed by atoms with van der Waals surface area (Å²) in [5, 5.41) is 17.7. The molecule has 2 N–H and O–H groups in total. The molecule has 2 aromatic rings. The van der Waals surface area contributed by atoms with Gasteiger partial charge >= 0.3 is 0 Å². The fraction of sp³-hybridized carbons (Fsp3) is 0.357. The second-order valence-corrected chi connectivity index (χ2v) is 6.14. The first kappa shape index (κ1) is 18.2. The predicted octanol–water partition coefficient (Wildman–Crippen LogP) is 1.05. The van der Waals surface area contributed by atoms with Crippen LogP contribution in [0.5, 0.6) is 0 Å². The zero-order chi connectivity index (χ0) is 17.4. The number of nitrogens with one attached hydrogen (secondary N) is 2. The third-order valence-electron chi connectivity index (χ3n) is 2.86. The first-order valence-electron chi connectivity index (χ1n) is 7.30. The standard InChI is InChI=1S/C14H17ClN6O2S/c1-2-7-16-12(22)8-17-13(23)9-24-14-18-19-20-21(14)11-5-3-10(15)4-6-11/h3-6H,2,7-9H2,1H3,(H,16,22)(H,17,23). The zero-order valence-corrected chi connectivity index (χ0v) is 14.6. The molecule has 1 aromatic heterocycles. The molecule has 2 amide bonds. The summed E-state index contributed by atoms with van der Waals surface area (Å²) in [6, 6.07) is 7.02. The number of hydrogen-bond acceptors (Lipinski definition) is 6. The molecule has 1 aromatic carbocycles. The Morgan fingerprint density at radius 3 is 2.67 bits per heavy atom. The Bertz CT molecular complexity index is 691. The monoisotopic (exact) mass is 368 g/mol. The normalized spacial score (nSPS) is 10.4. The van der Waals surface area contributed by atoms with E-state index in [2.05, 4.69) is 26.2 Å². The molecule has 0 aliphatic rings. The van der Waals surface area contributed by atoms with E-state index in [9.17, 15) is 9.59 Å². The first-order chi connectivity index (χ1) is 11.6. The Balaban J connectivity index is 1.84. The van der Waals surface area contributed by atoms with E-state index >= 15 is 0 Å². The van der Waals surface area contributed by atoms with Crippen LogP contribution in [0.15, 0.2) is 29.4 Å². The minimum atomic E-state index is -0.266. The lowest BCUT2D eigenvalue weighted by Crippen LogP contribution is -2.37. The maximum absolute atomic E-state index is 11.8. The quantitative estimate of drug-likeness (QED) is 0.675. The number of halogens is 1. The molecule has 8 nitrogen and oxygen atoms in total. The lowest BCUT2D eigenvalue weighted by atomic mass is 10.3. The molecule has 24 heavy (non-hydrogen) atoms. The summed E-state index contributed by atoms with van der Waals surface area (Å²) in [5.41, 5.74) is 0.742. The number of carbonyl (C=O) groups excluding carboxylic acids is 2. The summed E-state index contributed by atoms with van der Waals surface area (Å²) in [5.74, 6) is -0.367. The van der Waals surface area contributed by atoms with Crippen molar-refractivity contribution in [1.29, 1.82) is 0 Å². The molecule has 0 aliphatic carbocycles. The van der Waals surface area contributed by atoms with E-state index in [0.29, 0.717) is 16.7 Å². The third-order valence-corrected chi connectivity index (χ3v) is 4.03. The van der Waals surface area contributed by atoms with Crippen molar-refractivity contribution in [3.05, 3.63) is 29.3 Å². The molecule has 0 aliphatic heterocycles. The molecule has 0 saturated heterocycles. The number of rotatable bonds is 8. The van der Waals surface area contributed by atoms with Crippen LogP contribution in [0.4, 0.5) is 0 Å². The lowest BCUT2D eigenvalue weighted by Gasteiger charge is -2.06. The van der Waals surface area contributed by atoms with Gasteiger partial charge in [-0.15, -0.1) is 5.10 Å². The van der Waals surface area contributed by atoms with Gasteiger partial charge in [0.05, 0.1) is 18.0 Å². The van der Waals surface area contributed by atoms with Gasteiger partial charge < -0.3 is 10.6 Å². The second-order valence-electron chi connectivity index (χ2n) is 4.77. The van der Waals surface area contributed by atoms with Crippen LogP contribution in [0, 0.1) is 0 Å². The SMILES string of the molecule is CCCNC(=O)CNC(=O)CSc1nnnn1-c1ccc(Cl)cc1. The van der Waals surface area contributed by atoms with Gasteiger partial charge in [0.25, 0.3) is 0 Å². The second kappa shape index (κ2) is 9.24. The van der Waals surface area contributed by atoms with Gasteiger partial charge in [-0.05, 0) is 41.1 Å². The molecular weight excluding hydrogens is 352 g/mol. The highest BCUT2D eigenvalue weighted by Gasteiger charge is 2.12. The summed E-state index contributed by atoms with van der Waals surface area (Å²) in [6.07, 6.45) is 0.850. The van der Waals surface area contributed by atoms with E-state index in [0.717, 1.165) is 12.1 Å². The van der Waals surface area contributed by atoms with Gasteiger partial charge in [0.15, 0.2) is 0 Å². The lowest BCUT2D eigenvalue weighted by molar-refractivity contribution is -0.124. The summed E-state index contributed by atoms with van der Waals surface area (Å²) in [4.78, 5) is 23.2. The number of thioether (sulfide) groups is 1. The van der Waals surface area contributed by atoms with Crippen molar-refractivity contribution in [2.75, 3.05) is 18.8 Å². The van der Waals surface area contributed by atoms with E-state index in [1.165, 1.54) is 16.4 Å². The molecule has 10 heteroatoms. The van der Waals surface area contributed by atoms with Gasteiger partial charge in [0.1, 0.15) is 0 Å². The molecule has 0 atom stereocenters. The van der Waals surface area contributed by atoms with Crippen LogP contribution >= 0.6 is 23.4 Å². The summed E-state index contributed by atoms with van der Waals surface area (Å²) in [7, 11) is 0. The minimum absolute atomic E-state index is 0.0402. The van der Waals surface area contributed by atoms with Crippen LogP contribution in [0.2, 0.25) is 5.02 Å². The summed E-state index contributed by atoms with van der Waals surface area (Å²) < 4.78 is 1.52. The molecule has 0 spiro atoms. The molecule has 0 radical (unpaired) electrons. The molecule has 0 saturated carbocycles. The van der Waals surface area contributed by atoms with Crippen LogP contribution < -0.4 is 10.6 Å². The number of benzene rings is 1. The van der Waals surface area contributed by atoms with Gasteiger partial charge in [0.2, 0.25) is 17.0 Å². The van der Waals surface area contributed by atoms with E-state index < -0.39 is 0 Å². The van der Waals surface area contributed by atoms with Gasteiger partial charge in [-0.1, -0.05) is 30.3 Å². The molecule has 128 valence electrons. The molecule has 0 bridgehead atoms. The van der Waals surface area contributed by atoms with Gasteiger partial charge in [0, 0.05) is 11.6 Å². The number of nitrogens with zero attached hydrogens (tertiary/aromatic N) is 4. The van der Waals surface area contributed by atoms with Crippen LogP contribution in [0.1, 0.15) is 13.3 Å². The van der Waals surface area contributed by atoms with Crippen LogP contribution in [-0.2, 0) is 9.59 Å². The molecule has 0 fully saturated rings. The maximum atomic E-state index is 11.8. The van der Waals surface area contributed by atoms with Gasteiger partial charge in [-0.25, -0.2) is 0 Å². The van der Waals surface area contributed by atoms with Crippen LogP contribution in [0.25, 0.3) is 5.69 Å². The highest BCUT2D eigenvalue weighted by atomic mass is 35.5. The van der Waals surface area contributed by atoms with Crippen molar-refractivity contribution < 1.29 is 9.59 Å². The summed E-state index contributed by atoms with van der Waals surface area (Å²) >= 11 is 7.04. The number of carbonyl (C=O) groups is 2. The van der Waals surface area contributed by atoms with Crippen molar-refractivity contribution in [3.63, 3.8) is 0 Å². The Labute approximate surface area is 148 Å². The minimum Gasteiger partial charge on any atom is -0.355 e. The van der Waals surface area contributed by atoms with Crippen molar-refractivity contribution >= 4 is 35.2 Å². The maximum Gasteiger partial charge on any atom is 0.239 e. The fourth-order valence-corrected chi connectivity index (χ4v) is 2.55. The van der Waals surface area contributed by atoms with Crippen LogP contribution in [-0.4, -0.2) is 50.9 Å². The molecule has 0 unspecified atom stereocenters. The average Bonchev–Trinajstić information content (AvgIpc) is 3.05. The average molecular weight is 369 g/mol. The Morgan fingerprint density at radius 2 is 1.96 bits per heavy atom. The van der Waals surface area contributed by atoms with E-state index in [-0.39, 0.29) is 24.1 Å². The largest absolute Gasteiger partial charge is 0.355 e. The number of amides is 2. The number of tetrazole rings is 1. The number of aromatic nitrogens is 4. The number of hydrogen-bond donors (Lipinski definition) is 2. The Kier molecular flexibility index (Phi) is 7.01. The van der Waals surface area contributed by atoms with Crippen LogP contribution in [0.3, 0.4) is 0 Å². The Hall–Kier alpha value is -2.13. The molecular formula is C14H17ClN6O2S. The zero-order valence-electron chi connectivity index (χ0n) is 13.0. The topological polar surface area (TPSA) is 102 Å². The smallest absolute Gasteiger partial charge is 0.239 e. The highest BCUT2D eigenvalue weighted by molar-refractivity contribution is 7.99. The van der Waals surface area contributed by atoms with Crippen molar-refractivity contribution in [2.24, 2.45) is 0 Å².